The predicted molar refractivity (Wildman–Crippen MR) is 137 cm³/mol. The van der Waals surface area contributed by atoms with Gasteiger partial charge in [-0.05, 0) is 46.6 Å². The number of aliphatic imine (C=N–C) groups is 1. The zero-order valence-corrected chi connectivity index (χ0v) is 21.5. The summed E-state index contributed by atoms with van der Waals surface area (Å²) in [6, 6.07) is 6.06. The number of hydrogen-bond donors (Lipinski definition) is 4. The van der Waals surface area contributed by atoms with Gasteiger partial charge in [-0.3, -0.25) is 4.99 Å². The number of halogens is 1. The fraction of sp³-hybridized carbons (Fsp3) is 0.591. The highest BCUT2D eigenvalue weighted by Crippen LogP contribution is 2.31. The van der Waals surface area contributed by atoms with Crippen LogP contribution in [0.25, 0.3) is 10.9 Å². The molecule has 0 fully saturated rings. The van der Waals surface area contributed by atoms with Crippen molar-refractivity contribution in [2.75, 3.05) is 40.4 Å². The van der Waals surface area contributed by atoms with Gasteiger partial charge in [0.05, 0.1) is 19.7 Å². The number of ether oxygens (including phenoxy) is 2. The minimum atomic E-state index is 0. The van der Waals surface area contributed by atoms with Crippen LogP contribution in [0.3, 0.4) is 0 Å². The Labute approximate surface area is 197 Å². The monoisotopic (exact) mass is 531 g/mol. The molecule has 4 N–H and O–H groups in total. The third-order valence-electron chi connectivity index (χ3n) is 4.48. The number of hydrogen-bond acceptors (Lipinski definition) is 4. The number of aromatic amines is 1. The van der Waals surface area contributed by atoms with Crippen molar-refractivity contribution in [1.82, 2.24) is 20.9 Å². The van der Waals surface area contributed by atoms with Crippen molar-refractivity contribution in [3.8, 4) is 11.5 Å². The predicted octanol–water partition coefficient (Wildman–Crippen LogP) is 3.68. The molecule has 0 bridgehead atoms. The second kappa shape index (κ2) is 12.9. The number of methoxy groups -OCH3 is 2. The minimum absolute atomic E-state index is 0. The fourth-order valence-electron chi connectivity index (χ4n) is 3.08. The van der Waals surface area contributed by atoms with Crippen molar-refractivity contribution in [2.24, 2.45) is 4.99 Å². The van der Waals surface area contributed by atoms with E-state index in [4.69, 9.17) is 9.47 Å². The second-order valence-electron chi connectivity index (χ2n) is 8.05. The fourth-order valence-corrected chi connectivity index (χ4v) is 3.08. The summed E-state index contributed by atoms with van der Waals surface area (Å²) in [6.45, 7) is 11.9. The van der Waals surface area contributed by atoms with E-state index in [2.05, 4.69) is 59.7 Å². The molecule has 0 aliphatic heterocycles. The Balaban J connectivity index is 0.00000450. The smallest absolute Gasteiger partial charge is 0.191 e. The van der Waals surface area contributed by atoms with Crippen molar-refractivity contribution in [1.29, 1.82) is 0 Å². The van der Waals surface area contributed by atoms with Gasteiger partial charge >= 0.3 is 0 Å². The highest BCUT2D eigenvalue weighted by Gasteiger charge is 2.09. The van der Waals surface area contributed by atoms with Gasteiger partial charge in [-0.25, -0.2) is 0 Å². The quantitative estimate of drug-likeness (QED) is 0.163. The lowest BCUT2D eigenvalue weighted by Gasteiger charge is -2.21. The van der Waals surface area contributed by atoms with Crippen molar-refractivity contribution >= 4 is 40.8 Å². The number of aromatic nitrogens is 1. The summed E-state index contributed by atoms with van der Waals surface area (Å²) < 4.78 is 10.8. The molecule has 170 valence electrons. The van der Waals surface area contributed by atoms with E-state index in [-0.39, 0.29) is 29.5 Å². The number of nitrogens with one attached hydrogen (secondary N) is 4. The van der Waals surface area contributed by atoms with Crippen LogP contribution in [0, 0.1) is 0 Å². The SMILES string of the molecule is CCNC(=NCCCc1cc2c(OC)cc(OC)cc2[nH]1)NCCNC(C)(C)C.I. The molecule has 1 aromatic carbocycles. The number of nitrogens with zero attached hydrogens (tertiary/aromatic N) is 1. The Kier molecular flexibility index (Phi) is 11.3. The Morgan fingerprint density at radius 2 is 1.83 bits per heavy atom. The zero-order valence-electron chi connectivity index (χ0n) is 19.1. The van der Waals surface area contributed by atoms with E-state index < -0.39 is 0 Å². The Hall–Kier alpha value is -1.68. The maximum Gasteiger partial charge on any atom is 0.191 e. The van der Waals surface area contributed by atoms with Gasteiger partial charge in [0.2, 0.25) is 0 Å². The van der Waals surface area contributed by atoms with Gasteiger partial charge in [-0.15, -0.1) is 24.0 Å². The van der Waals surface area contributed by atoms with Gasteiger partial charge in [-0.1, -0.05) is 0 Å². The van der Waals surface area contributed by atoms with Crippen molar-refractivity contribution in [3.05, 3.63) is 23.9 Å². The summed E-state index contributed by atoms with van der Waals surface area (Å²) in [5.41, 5.74) is 2.33. The van der Waals surface area contributed by atoms with E-state index in [9.17, 15) is 0 Å². The third kappa shape index (κ3) is 8.59. The lowest BCUT2D eigenvalue weighted by atomic mass is 10.1. The first kappa shape index (κ1) is 26.4. The molecular weight excluding hydrogens is 493 g/mol. The highest BCUT2D eigenvalue weighted by atomic mass is 127. The molecular formula is C22H38IN5O2. The number of benzene rings is 1. The van der Waals surface area contributed by atoms with Gasteiger partial charge in [0.1, 0.15) is 11.5 Å². The number of rotatable bonds is 10. The van der Waals surface area contributed by atoms with Crippen LogP contribution >= 0.6 is 24.0 Å². The number of guanidine groups is 1. The standard InChI is InChI=1S/C22H37N5O2.HI/c1-7-23-21(25-11-12-26-22(2,3)4)24-10-8-9-16-13-18-19(27-16)14-17(28-5)15-20(18)29-6;/h13-15,26-27H,7-12H2,1-6H3,(H2,23,24,25);1H. The van der Waals surface area contributed by atoms with E-state index in [1.54, 1.807) is 14.2 Å². The normalized spacial score (nSPS) is 11.9. The molecule has 0 saturated carbocycles. The molecule has 1 heterocycles. The Morgan fingerprint density at radius 1 is 1.07 bits per heavy atom. The molecule has 7 nitrogen and oxygen atoms in total. The van der Waals surface area contributed by atoms with Gasteiger partial charge in [0.15, 0.2) is 5.96 Å². The topological polar surface area (TPSA) is 82.7 Å². The first-order valence-corrected chi connectivity index (χ1v) is 10.4. The zero-order chi connectivity index (χ0) is 21.3. The van der Waals surface area contributed by atoms with Crippen molar-refractivity contribution in [2.45, 2.75) is 46.1 Å². The first-order chi connectivity index (χ1) is 13.9. The maximum absolute atomic E-state index is 5.49. The van der Waals surface area contributed by atoms with Crippen LogP contribution < -0.4 is 25.4 Å². The Morgan fingerprint density at radius 3 is 2.47 bits per heavy atom. The minimum Gasteiger partial charge on any atom is -0.497 e. The van der Waals surface area contributed by atoms with E-state index in [1.807, 2.05) is 12.1 Å². The number of H-pyrrole nitrogens is 1. The molecule has 0 unspecified atom stereocenters. The molecule has 0 saturated heterocycles. The van der Waals surface area contributed by atoms with Gasteiger partial charge in [-0.2, -0.15) is 0 Å². The van der Waals surface area contributed by atoms with Gasteiger partial charge in [0, 0.05) is 54.9 Å². The molecule has 0 atom stereocenters. The van der Waals surface area contributed by atoms with Crippen LogP contribution in [0.15, 0.2) is 23.2 Å². The molecule has 8 heteroatoms. The van der Waals surface area contributed by atoms with Crippen molar-refractivity contribution < 1.29 is 9.47 Å². The molecule has 30 heavy (non-hydrogen) atoms. The van der Waals surface area contributed by atoms with Gasteiger partial charge in [0.25, 0.3) is 0 Å². The summed E-state index contributed by atoms with van der Waals surface area (Å²) in [5.74, 6) is 2.48. The van der Waals surface area contributed by atoms with Gasteiger partial charge < -0.3 is 30.4 Å². The van der Waals surface area contributed by atoms with Crippen LogP contribution in [0.2, 0.25) is 0 Å². The van der Waals surface area contributed by atoms with Crippen LogP contribution in [0.5, 0.6) is 11.5 Å². The van der Waals surface area contributed by atoms with E-state index in [1.165, 1.54) is 5.69 Å². The average molecular weight is 531 g/mol. The summed E-state index contributed by atoms with van der Waals surface area (Å²) in [5, 5.41) is 11.2. The summed E-state index contributed by atoms with van der Waals surface area (Å²) in [6.07, 6.45) is 1.89. The molecule has 2 aromatic rings. The lowest BCUT2D eigenvalue weighted by molar-refractivity contribution is 0.398. The summed E-state index contributed by atoms with van der Waals surface area (Å²) in [7, 11) is 3.35. The second-order valence-corrected chi connectivity index (χ2v) is 8.05. The molecule has 0 aliphatic rings. The molecule has 0 spiro atoms. The van der Waals surface area contributed by atoms with E-state index in [0.717, 1.165) is 67.4 Å². The van der Waals surface area contributed by atoms with Crippen LogP contribution in [0.1, 0.15) is 39.8 Å². The summed E-state index contributed by atoms with van der Waals surface area (Å²) >= 11 is 0. The van der Waals surface area contributed by atoms with E-state index in [0.29, 0.717) is 0 Å². The number of aryl methyl sites for hydroxylation is 1. The molecule has 0 amide bonds. The van der Waals surface area contributed by atoms with Crippen molar-refractivity contribution in [3.63, 3.8) is 0 Å². The van der Waals surface area contributed by atoms with Crippen LogP contribution in [-0.4, -0.2) is 56.9 Å². The average Bonchev–Trinajstić information content (AvgIpc) is 3.09. The maximum atomic E-state index is 5.49. The summed E-state index contributed by atoms with van der Waals surface area (Å²) in [4.78, 5) is 8.15. The molecule has 0 aliphatic carbocycles. The lowest BCUT2D eigenvalue weighted by Crippen LogP contribution is -2.44. The third-order valence-corrected chi connectivity index (χ3v) is 4.48. The first-order valence-electron chi connectivity index (χ1n) is 10.4. The van der Waals surface area contributed by atoms with Crippen LogP contribution in [-0.2, 0) is 6.42 Å². The molecule has 2 rings (SSSR count). The largest absolute Gasteiger partial charge is 0.497 e. The van der Waals surface area contributed by atoms with E-state index >= 15 is 0 Å². The molecule has 0 radical (unpaired) electrons. The molecule has 1 aromatic heterocycles. The Bertz CT molecular complexity index is 799. The number of fused-ring (bicyclic) bond motifs is 1. The van der Waals surface area contributed by atoms with Crippen LogP contribution in [0.4, 0.5) is 0 Å². The highest BCUT2D eigenvalue weighted by molar-refractivity contribution is 14.0.